The zero-order valence-corrected chi connectivity index (χ0v) is 16.5. The Kier molecular flexibility index (Phi) is 6.16. The fraction of sp³-hybridized carbons (Fsp3) is 0.526. The summed E-state index contributed by atoms with van der Waals surface area (Å²) in [6.07, 6.45) is 5.36. The van der Waals surface area contributed by atoms with E-state index in [2.05, 4.69) is 15.1 Å². The Balaban J connectivity index is 1.48. The first-order chi connectivity index (χ1) is 12.8. The zero-order chi connectivity index (χ0) is 19.4. The van der Waals surface area contributed by atoms with E-state index in [1.807, 2.05) is 6.07 Å². The number of anilines is 1. The molecule has 1 aliphatic rings. The Morgan fingerprint density at radius 3 is 2.56 bits per heavy atom. The highest BCUT2D eigenvalue weighted by Gasteiger charge is 2.26. The molecule has 0 radical (unpaired) electrons. The van der Waals surface area contributed by atoms with Crippen molar-refractivity contribution < 1.29 is 12.8 Å². The monoisotopic (exact) mass is 394 g/mol. The maximum atomic E-state index is 13.8. The Morgan fingerprint density at radius 2 is 1.89 bits per heavy atom. The van der Waals surface area contributed by atoms with Gasteiger partial charge in [-0.15, -0.1) is 0 Å². The van der Waals surface area contributed by atoms with Crippen molar-refractivity contribution in [1.82, 2.24) is 14.5 Å². The summed E-state index contributed by atoms with van der Waals surface area (Å²) in [5.74, 6) is 0.874. The number of para-hydroxylation sites is 1. The standard InChI is InChI=1S/C19H27FN4O2S/c1-14(2)27(25,26)23-16-9-7-15(8-10-16)13-21-19-11-12-24(22-19)18-6-4-3-5-17(18)20/h3-6,11-12,14-16,23H,7-10,13H2,1-2H3,(H,21,22)/t15-,16-. The van der Waals surface area contributed by atoms with Gasteiger partial charge < -0.3 is 5.32 Å². The van der Waals surface area contributed by atoms with E-state index in [9.17, 15) is 12.8 Å². The fourth-order valence-electron chi connectivity index (χ4n) is 3.29. The third kappa shape index (κ3) is 5.07. The average molecular weight is 395 g/mol. The molecule has 1 heterocycles. The lowest BCUT2D eigenvalue weighted by Crippen LogP contribution is -2.41. The third-order valence-corrected chi connectivity index (χ3v) is 6.96. The van der Waals surface area contributed by atoms with E-state index < -0.39 is 15.3 Å². The van der Waals surface area contributed by atoms with Gasteiger partial charge in [-0.05, 0) is 57.6 Å². The van der Waals surface area contributed by atoms with Gasteiger partial charge in [0.25, 0.3) is 0 Å². The summed E-state index contributed by atoms with van der Waals surface area (Å²) in [6, 6.07) is 8.39. The number of sulfonamides is 1. The van der Waals surface area contributed by atoms with Crippen LogP contribution in [0.3, 0.4) is 0 Å². The van der Waals surface area contributed by atoms with Crippen LogP contribution in [-0.2, 0) is 10.0 Å². The normalized spacial score (nSPS) is 20.7. The molecule has 148 valence electrons. The number of hydrogen-bond acceptors (Lipinski definition) is 4. The quantitative estimate of drug-likeness (QED) is 0.755. The van der Waals surface area contributed by atoms with E-state index in [1.54, 1.807) is 38.2 Å². The van der Waals surface area contributed by atoms with Crippen molar-refractivity contribution in [3.63, 3.8) is 0 Å². The number of nitrogens with one attached hydrogen (secondary N) is 2. The van der Waals surface area contributed by atoms with Crippen LogP contribution in [-0.4, -0.2) is 36.0 Å². The third-order valence-electron chi connectivity index (χ3n) is 5.06. The molecule has 2 N–H and O–H groups in total. The molecule has 1 aliphatic carbocycles. The number of aromatic nitrogens is 2. The number of benzene rings is 1. The second-order valence-corrected chi connectivity index (χ2v) is 9.68. The van der Waals surface area contributed by atoms with Crippen LogP contribution in [0.15, 0.2) is 36.5 Å². The lowest BCUT2D eigenvalue weighted by atomic mass is 9.86. The van der Waals surface area contributed by atoms with Crippen LogP contribution in [0.5, 0.6) is 0 Å². The largest absolute Gasteiger partial charge is 0.368 e. The summed E-state index contributed by atoms with van der Waals surface area (Å²) in [5.41, 5.74) is 0.420. The molecule has 0 unspecified atom stereocenters. The van der Waals surface area contributed by atoms with Gasteiger partial charge in [-0.2, -0.15) is 5.10 Å². The molecule has 1 saturated carbocycles. The van der Waals surface area contributed by atoms with Gasteiger partial charge in [-0.1, -0.05) is 12.1 Å². The number of halogens is 1. The maximum absolute atomic E-state index is 13.8. The van der Waals surface area contributed by atoms with E-state index >= 15 is 0 Å². The summed E-state index contributed by atoms with van der Waals surface area (Å²) in [7, 11) is -3.21. The first kappa shape index (κ1) is 19.8. The van der Waals surface area contributed by atoms with Crippen LogP contribution < -0.4 is 10.0 Å². The second kappa shape index (κ2) is 8.39. The van der Waals surface area contributed by atoms with E-state index in [0.29, 0.717) is 17.4 Å². The summed E-state index contributed by atoms with van der Waals surface area (Å²) < 4.78 is 42.1. The van der Waals surface area contributed by atoms with Crippen LogP contribution in [0.25, 0.3) is 5.69 Å². The van der Waals surface area contributed by atoms with E-state index in [1.165, 1.54) is 10.7 Å². The molecule has 0 atom stereocenters. The molecule has 8 heteroatoms. The molecule has 0 bridgehead atoms. The molecule has 6 nitrogen and oxygen atoms in total. The predicted molar refractivity (Wildman–Crippen MR) is 105 cm³/mol. The van der Waals surface area contributed by atoms with Crippen molar-refractivity contribution in [3.05, 3.63) is 42.3 Å². The molecule has 3 rings (SSSR count). The van der Waals surface area contributed by atoms with Crippen molar-refractivity contribution in [3.8, 4) is 5.69 Å². The summed E-state index contributed by atoms with van der Waals surface area (Å²) in [6.45, 7) is 4.16. The Morgan fingerprint density at radius 1 is 1.19 bits per heavy atom. The zero-order valence-electron chi connectivity index (χ0n) is 15.7. The van der Waals surface area contributed by atoms with Crippen LogP contribution in [0.1, 0.15) is 39.5 Å². The van der Waals surface area contributed by atoms with Gasteiger partial charge in [-0.25, -0.2) is 22.2 Å². The van der Waals surface area contributed by atoms with Crippen molar-refractivity contribution >= 4 is 15.8 Å². The number of rotatable bonds is 7. The molecule has 1 aromatic heterocycles. The lowest BCUT2D eigenvalue weighted by Gasteiger charge is -2.29. The van der Waals surface area contributed by atoms with Crippen LogP contribution in [0.2, 0.25) is 0 Å². The number of nitrogens with zero attached hydrogens (tertiary/aromatic N) is 2. The minimum absolute atomic E-state index is 0.0360. The predicted octanol–water partition coefficient (Wildman–Crippen LogP) is 3.31. The fourth-order valence-corrected chi connectivity index (χ4v) is 4.26. The molecule has 0 saturated heterocycles. The van der Waals surface area contributed by atoms with Crippen LogP contribution in [0.4, 0.5) is 10.2 Å². The molecule has 0 spiro atoms. The number of hydrogen-bond donors (Lipinski definition) is 2. The summed E-state index contributed by atoms with van der Waals surface area (Å²) in [5, 5.41) is 7.29. The molecular formula is C19H27FN4O2S. The molecule has 0 amide bonds. The van der Waals surface area contributed by atoms with Gasteiger partial charge in [0.15, 0.2) is 0 Å². The summed E-state index contributed by atoms with van der Waals surface area (Å²) >= 11 is 0. The Hall–Kier alpha value is -1.93. The van der Waals surface area contributed by atoms with Gasteiger partial charge in [0.05, 0.1) is 5.25 Å². The van der Waals surface area contributed by atoms with Crippen molar-refractivity contribution in [2.24, 2.45) is 5.92 Å². The van der Waals surface area contributed by atoms with Crippen molar-refractivity contribution in [2.45, 2.75) is 50.8 Å². The highest BCUT2D eigenvalue weighted by molar-refractivity contribution is 7.90. The molecule has 0 aliphatic heterocycles. The Labute approximate surface area is 160 Å². The highest BCUT2D eigenvalue weighted by Crippen LogP contribution is 2.25. The molecule has 1 aromatic carbocycles. The van der Waals surface area contributed by atoms with Gasteiger partial charge in [0, 0.05) is 24.8 Å². The lowest BCUT2D eigenvalue weighted by molar-refractivity contribution is 0.323. The highest BCUT2D eigenvalue weighted by atomic mass is 32.2. The minimum Gasteiger partial charge on any atom is -0.368 e. The second-order valence-electron chi connectivity index (χ2n) is 7.41. The molecule has 2 aromatic rings. The Bertz CT molecular complexity index is 858. The van der Waals surface area contributed by atoms with Crippen LogP contribution >= 0.6 is 0 Å². The van der Waals surface area contributed by atoms with E-state index in [-0.39, 0.29) is 11.9 Å². The first-order valence-corrected chi connectivity index (χ1v) is 11.0. The van der Waals surface area contributed by atoms with Crippen molar-refractivity contribution in [1.29, 1.82) is 0 Å². The van der Waals surface area contributed by atoms with Gasteiger partial charge in [0.1, 0.15) is 17.3 Å². The van der Waals surface area contributed by atoms with E-state index in [4.69, 9.17) is 0 Å². The van der Waals surface area contributed by atoms with Gasteiger partial charge >= 0.3 is 0 Å². The maximum Gasteiger partial charge on any atom is 0.214 e. The molecular weight excluding hydrogens is 367 g/mol. The summed E-state index contributed by atoms with van der Waals surface area (Å²) in [4.78, 5) is 0. The SMILES string of the molecule is CC(C)S(=O)(=O)N[C@H]1CC[C@H](CNc2ccn(-c3ccccc3F)n2)CC1. The van der Waals surface area contributed by atoms with Crippen molar-refractivity contribution in [2.75, 3.05) is 11.9 Å². The topological polar surface area (TPSA) is 76.0 Å². The van der Waals surface area contributed by atoms with Gasteiger partial charge in [-0.3, -0.25) is 0 Å². The molecule has 27 heavy (non-hydrogen) atoms. The first-order valence-electron chi connectivity index (χ1n) is 9.41. The smallest absolute Gasteiger partial charge is 0.214 e. The average Bonchev–Trinajstić information content (AvgIpc) is 3.10. The molecule has 1 fully saturated rings. The van der Waals surface area contributed by atoms with Gasteiger partial charge in [0.2, 0.25) is 10.0 Å². The van der Waals surface area contributed by atoms with E-state index in [0.717, 1.165) is 32.2 Å². The minimum atomic E-state index is -3.21. The van der Waals surface area contributed by atoms with Crippen LogP contribution in [0, 0.1) is 11.7 Å².